The van der Waals surface area contributed by atoms with E-state index in [4.69, 9.17) is 5.11 Å². The van der Waals surface area contributed by atoms with E-state index in [0.29, 0.717) is 13.0 Å². The van der Waals surface area contributed by atoms with Crippen molar-refractivity contribution in [3.63, 3.8) is 0 Å². The largest absolute Gasteiger partial charge is 0.396 e. The van der Waals surface area contributed by atoms with Gasteiger partial charge in [-0.2, -0.15) is 5.10 Å². The third-order valence-electron chi connectivity index (χ3n) is 1.61. The summed E-state index contributed by atoms with van der Waals surface area (Å²) in [6.07, 6.45) is 3.14. The molecule has 0 atom stereocenters. The molecule has 0 saturated heterocycles. The lowest BCUT2D eigenvalue weighted by molar-refractivity contribution is 0.279. The number of hydrogen-bond acceptors (Lipinski definition) is 3. The van der Waals surface area contributed by atoms with Gasteiger partial charge in [0.25, 0.3) is 5.56 Å². The van der Waals surface area contributed by atoms with Gasteiger partial charge in [0.15, 0.2) is 0 Å². The molecule has 1 heterocycles. The minimum Gasteiger partial charge on any atom is -0.396 e. The Bertz CT molecular complexity index is 324. The van der Waals surface area contributed by atoms with Gasteiger partial charge in [-0.05, 0) is 35.4 Å². The number of aromatic nitrogens is 2. The molecular formula is C8H11IN2O2. The molecule has 13 heavy (non-hydrogen) atoms. The fourth-order valence-corrected chi connectivity index (χ4v) is 1.34. The van der Waals surface area contributed by atoms with E-state index >= 15 is 0 Å². The van der Waals surface area contributed by atoms with Gasteiger partial charge in [0.1, 0.15) is 0 Å². The molecule has 0 bridgehead atoms. The second-order valence-electron chi connectivity index (χ2n) is 2.67. The van der Waals surface area contributed by atoms with Crippen molar-refractivity contribution in [1.29, 1.82) is 0 Å². The maximum absolute atomic E-state index is 11.3. The van der Waals surface area contributed by atoms with Crippen LogP contribution >= 0.6 is 22.6 Å². The van der Waals surface area contributed by atoms with Gasteiger partial charge in [-0.1, -0.05) is 0 Å². The second-order valence-corrected chi connectivity index (χ2v) is 3.91. The van der Waals surface area contributed by atoms with Crippen LogP contribution in [0.25, 0.3) is 0 Å². The molecule has 0 aromatic carbocycles. The van der Waals surface area contributed by atoms with Gasteiger partial charge in [-0.25, -0.2) is 4.68 Å². The highest BCUT2D eigenvalue weighted by Crippen LogP contribution is 1.96. The highest BCUT2D eigenvalue weighted by atomic mass is 127. The lowest BCUT2D eigenvalue weighted by atomic mass is 10.3. The molecule has 0 unspecified atom stereocenters. The normalized spacial score (nSPS) is 10.3. The Hall–Kier alpha value is -0.430. The monoisotopic (exact) mass is 294 g/mol. The lowest BCUT2D eigenvalue weighted by Gasteiger charge is -2.02. The Morgan fingerprint density at radius 2 is 2.31 bits per heavy atom. The number of aliphatic hydroxyl groups is 1. The van der Waals surface area contributed by atoms with Gasteiger partial charge < -0.3 is 5.11 Å². The Morgan fingerprint density at radius 1 is 1.54 bits per heavy atom. The molecule has 0 saturated carbocycles. The predicted molar refractivity (Wildman–Crippen MR) is 57.5 cm³/mol. The van der Waals surface area contributed by atoms with Crippen molar-refractivity contribution in [2.75, 3.05) is 6.61 Å². The number of nitrogens with zero attached hydrogens (tertiary/aromatic N) is 2. The average molecular weight is 294 g/mol. The summed E-state index contributed by atoms with van der Waals surface area (Å²) < 4.78 is 2.26. The molecule has 1 aromatic rings. The van der Waals surface area contributed by atoms with Gasteiger partial charge in [0.2, 0.25) is 0 Å². The fourth-order valence-electron chi connectivity index (χ4n) is 0.953. The maximum atomic E-state index is 11.3. The van der Waals surface area contributed by atoms with E-state index in [-0.39, 0.29) is 12.2 Å². The van der Waals surface area contributed by atoms with Gasteiger partial charge >= 0.3 is 0 Å². The number of aliphatic hydroxyl groups excluding tert-OH is 1. The van der Waals surface area contributed by atoms with Gasteiger partial charge in [-0.3, -0.25) is 4.79 Å². The van der Waals surface area contributed by atoms with Crippen molar-refractivity contribution in [2.24, 2.45) is 0 Å². The van der Waals surface area contributed by atoms with Crippen LogP contribution < -0.4 is 5.56 Å². The highest BCUT2D eigenvalue weighted by molar-refractivity contribution is 14.1. The van der Waals surface area contributed by atoms with Gasteiger partial charge in [0.05, 0.1) is 6.20 Å². The lowest BCUT2D eigenvalue weighted by Crippen LogP contribution is -2.22. The van der Waals surface area contributed by atoms with E-state index < -0.39 is 0 Å². The zero-order valence-electron chi connectivity index (χ0n) is 7.11. The Morgan fingerprint density at radius 3 is 2.92 bits per heavy atom. The zero-order chi connectivity index (χ0) is 9.68. The minimum absolute atomic E-state index is 0.0789. The zero-order valence-corrected chi connectivity index (χ0v) is 9.27. The van der Waals surface area contributed by atoms with Gasteiger partial charge in [-0.15, -0.1) is 0 Å². The van der Waals surface area contributed by atoms with E-state index in [1.54, 1.807) is 12.3 Å². The molecule has 4 nitrogen and oxygen atoms in total. The van der Waals surface area contributed by atoms with Crippen LogP contribution in [-0.2, 0) is 6.54 Å². The van der Waals surface area contributed by atoms with Gasteiger partial charge in [0, 0.05) is 22.8 Å². The Balaban J connectivity index is 2.62. The van der Waals surface area contributed by atoms with E-state index in [1.165, 1.54) is 4.68 Å². The minimum atomic E-state index is -0.0789. The SMILES string of the molecule is O=c1cc(I)cnn1CCCCO. The van der Waals surface area contributed by atoms with Crippen LogP contribution in [0.2, 0.25) is 0 Å². The summed E-state index contributed by atoms with van der Waals surface area (Å²) in [6, 6.07) is 1.55. The molecule has 0 aliphatic heterocycles. The van der Waals surface area contributed by atoms with Crippen LogP contribution in [0.1, 0.15) is 12.8 Å². The van der Waals surface area contributed by atoms with E-state index in [9.17, 15) is 4.79 Å². The highest BCUT2D eigenvalue weighted by Gasteiger charge is 1.97. The standard InChI is InChI=1S/C8H11IN2O2/c9-7-5-8(13)11(10-6-7)3-1-2-4-12/h5-6,12H,1-4H2. The first-order chi connectivity index (χ1) is 6.24. The van der Waals surface area contributed by atoms with Crippen molar-refractivity contribution in [3.05, 3.63) is 26.2 Å². The second kappa shape index (κ2) is 5.33. The molecule has 0 aliphatic carbocycles. The average Bonchev–Trinajstić information content (AvgIpc) is 2.09. The quantitative estimate of drug-likeness (QED) is 0.654. The van der Waals surface area contributed by atoms with Crippen LogP contribution in [0, 0.1) is 3.57 Å². The number of hydrogen-bond donors (Lipinski definition) is 1. The smallest absolute Gasteiger partial charge is 0.267 e. The molecule has 0 amide bonds. The number of rotatable bonds is 4. The van der Waals surface area contributed by atoms with Crippen LogP contribution in [0.4, 0.5) is 0 Å². The number of halogens is 1. The first-order valence-electron chi connectivity index (χ1n) is 4.07. The molecule has 72 valence electrons. The summed E-state index contributed by atoms with van der Waals surface area (Å²) in [5.74, 6) is 0. The molecular weight excluding hydrogens is 283 g/mol. The van der Waals surface area contributed by atoms with Crippen molar-refractivity contribution < 1.29 is 5.11 Å². The maximum Gasteiger partial charge on any atom is 0.267 e. The number of aryl methyl sites for hydroxylation is 1. The first-order valence-corrected chi connectivity index (χ1v) is 5.15. The van der Waals surface area contributed by atoms with E-state index in [0.717, 1.165) is 9.99 Å². The van der Waals surface area contributed by atoms with Crippen molar-refractivity contribution >= 4 is 22.6 Å². The molecule has 1 rings (SSSR count). The molecule has 0 fully saturated rings. The molecule has 1 aromatic heterocycles. The van der Waals surface area contributed by atoms with Crippen LogP contribution in [0.5, 0.6) is 0 Å². The van der Waals surface area contributed by atoms with Crippen molar-refractivity contribution in [1.82, 2.24) is 9.78 Å². The molecule has 5 heteroatoms. The number of unbranched alkanes of at least 4 members (excludes halogenated alkanes) is 1. The van der Waals surface area contributed by atoms with E-state index in [1.807, 2.05) is 0 Å². The molecule has 0 radical (unpaired) electrons. The third-order valence-corrected chi connectivity index (χ3v) is 2.20. The summed E-state index contributed by atoms with van der Waals surface area (Å²) in [5, 5.41) is 12.5. The van der Waals surface area contributed by atoms with Crippen molar-refractivity contribution in [3.8, 4) is 0 Å². The summed E-state index contributed by atoms with van der Waals surface area (Å²) in [7, 11) is 0. The molecule has 1 N–H and O–H groups in total. The summed E-state index contributed by atoms with van der Waals surface area (Å²) >= 11 is 2.05. The van der Waals surface area contributed by atoms with Crippen molar-refractivity contribution in [2.45, 2.75) is 19.4 Å². The summed E-state index contributed by atoms with van der Waals surface area (Å²) in [6.45, 7) is 0.745. The van der Waals surface area contributed by atoms with E-state index in [2.05, 4.69) is 27.7 Å². The molecule has 0 spiro atoms. The Labute approximate surface area is 89.7 Å². The van der Waals surface area contributed by atoms with Crippen LogP contribution in [0.3, 0.4) is 0 Å². The third kappa shape index (κ3) is 3.43. The fraction of sp³-hybridized carbons (Fsp3) is 0.500. The summed E-state index contributed by atoms with van der Waals surface area (Å²) in [5.41, 5.74) is -0.0789. The van der Waals surface area contributed by atoms with Crippen LogP contribution in [-0.4, -0.2) is 21.5 Å². The van der Waals surface area contributed by atoms with Crippen LogP contribution in [0.15, 0.2) is 17.1 Å². The first kappa shape index (κ1) is 10.6. The topological polar surface area (TPSA) is 55.1 Å². The summed E-state index contributed by atoms with van der Waals surface area (Å²) in [4.78, 5) is 11.3. The Kier molecular flexibility index (Phi) is 4.37. The predicted octanol–water partition coefficient (Wildman–Crippen LogP) is 0.620. The molecule has 0 aliphatic rings.